The van der Waals surface area contributed by atoms with Crippen LogP contribution >= 0.6 is 11.6 Å². The van der Waals surface area contributed by atoms with Crippen molar-refractivity contribution in [3.8, 4) is 11.4 Å². The van der Waals surface area contributed by atoms with Gasteiger partial charge in [-0.3, -0.25) is 4.72 Å². The fourth-order valence-electron chi connectivity index (χ4n) is 3.63. The quantitative estimate of drug-likeness (QED) is 0.495. The molecular weight excluding hydrogens is 456 g/mol. The van der Waals surface area contributed by atoms with E-state index in [1.807, 2.05) is 0 Å². The smallest absolute Gasteiger partial charge is 0.229 e. The molecule has 2 N–H and O–H groups in total. The highest BCUT2D eigenvalue weighted by molar-refractivity contribution is 7.92. The van der Waals surface area contributed by atoms with Crippen molar-refractivity contribution in [1.82, 2.24) is 19.7 Å². The number of hydrogen-bond donors (Lipinski definition) is 2. The normalized spacial score (nSPS) is 17.4. The first-order valence-electron chi connectivity index (χ1n) is 9.98. The zero-order valence-electron chi connectivity index (χ0n) is 18.0. The number of nitrogens with zero attached hydrogens (tertiary/aromatic N) is 4. The van der Waals surface area contributed by atoms with Crippen molar-refractivity contribution in [3.63, 3.8) is 0 Å². The summed E-state index contributed by atoms with van der Waals surface area (Å²) >= 11 is 6.17. The average molecular weight is 481 g/mol. The van der Waals surface area contributed by atoms with Crippen LogP contribution in [0.4, 0.5) is 11.5 Å². The summed E-state index contributed by atoms with van der Waals surface area (Å²) in [5, 5.41) is 9.23. The second-order valence-corrected chi connectivity index (χ2v) is 9.82. The number of benzene rings is 1. The van der Waals surface area contributed by atoms with E-state index in [1.165, 1.54) is 7.11 Å². The minimum Gasteiger partial charge on any atom is -0.494 e. The first-order valence-corrected chi connectivity index (χ1v) is 12.2. The Kier molecular flexibility index (Phi) is 6.42. The Labute approximate surface area is 191 Å². The van der Waals surface area contributed by atoms with Gasteiger partial charge in [0.1, 0.15) is 16.6 Å². The van der Waals surface area contributed by atoms with Crippen LogP contribution < -0.4 is 14.8 Å². The molecule has 3 heterocycles. The number of nitrogens with one attached hydrogen (secondary N) is 2. The van der Waals surface area contributed by atoms with E-state index < -0.39 is 10.0 Å². The van der Waals surface area contributed by atoms with Gasteiger partial charge in [0, 0.05) is 38.0 Å². The maximum absolute atomic E-state index is 11.6. The van der Waals surface area contributed by atoms with Crippen LogP contribution in [-0.4, -0.2) is 80.8 Å². The van der Waals surface area contributed by atoms with Crippen molar-refractivity contribution >= 4 is 44.0 Å². The Hall–Kier alpha value is -2.60. The fourth-order valence-corrected chi connectivity index (χ4v) is 4.34. The molecule has 1 fully saturated rings. The van der Waals surface area contributed by atoms with Gasteiger partial charge in [-0.15, -0.1) is 5.10 Å². The number of halogens is 1. The number of hydrogen-bond acceptors (Lipinski definition) is 8. The van der Waals surface area contributed by atoms with E-state index in [4.69, 9.17) is 26.2 Å². The maximum Gasteiger partial charge on any atom is 0.229 e. The van der Waals surface area contributed by atoms with Gasteiger partial charge in [-0.2, -0.15) is 0 Å². The monoisotopic (exact) mass is 480 g/mol. The van der Waals surface area contributed by atoms with Crippen LogP contribution in [-0.2, 0) is 14.8 Å². The lowest BCUT2D eigenvalue weighted by Crippen LogP contribution is -2.43. The predicted molar refractivity (Wildman–Crippen MR) is 125 cm³/mol. The zero-order chi connectivity index (χ0) is 22.9. The molecule has 2 aromatic heterocycles. The summed E-state index contributed by atoms with van der Waals surface area (Å²) in [5.41, 5.74) is 1.75. The van der Waals surface area contributed by atoms with Crippen LogP contribution in [0.3, 0.4) is 0 Å². The SMILES string of the molecule is COc1cc(NS(C)(=O)=O)ccc1-n1nc(NCC2CN(C)CCO2)c2cnc(Cl)cc21. The molecular formula is C20H25ClN6O4S. The molecule has 1 saturated heterocycles. The molecule has 0 amide bonds. The molecule has 172 valence electrons. The van der Waals surface area contributed by atoms with Gasteiger partial charge < -0.3 is 19.7 Å². The lowest BCUT2D eigenvalue weighted by Gasteiger charge is -2.30. The number of rotatable bonds is 7. The molecule has 12 heteroatoms. The van der Waals surface area contributed by atoms with Crippen LogP contribution in [0.5, 0.6) is 5.75 Å². The molecule has 1 aliphatic heterocycles. The third-order valence-corrected chi connectivity index (χ3v) is 5.90. The van der Waals surface area contributed by atoms with Crippen LogP contribution in [0.15, 0.2) is 30.5 Å². The Balaban J connectivity index is 1.70. The van der Waals surface area contributed by atoms with Gasteiger partial charge >= 0.3 is 0 Å². The molecule has 0 aliphatic carbocycles. The van der Waals surface area contributed by atoms with Crippen molar-refractivity contribution in [1.29, 1.82) is 0 Å². The summed E-state index contributed by atoms with van der Waals surface area (Å²) < 4.78 is 38.7. The lowest BCUT2D eigenvalue weighted by molar-refractivity contribution is -0.0117. The van der Waals surface area contributed by atoms with E-state index in [0.717, 1.165) is 30.2 Å². The van der Waals surface area contributed by atoms with Crippen molar-refractivity contribution in [2.75, 3.05) is 56.7 Å². The van der Waals surface area contributed by atoms with Gasteiger partial charge in [-0.05, 0) is 19.2 Å². The van der Waals surface area contributed by atoms with E-state index in [1.54, 1.807) is 35.1 Å². The lowest BCUT2D eigenvalue weighted by atomic mass is 10.2. The van der Waals surface area contributed by atoms with Crippen molar-refractivity contribution in [3.05, 3.63) is 35.6 Å². The molecule has 1 aliphatic rings. The highest BCUT2D eigenvalue weighted by Gasteiger charge is 2.20. The van der Waals surface area contributed by atoms with Gasteiger partial charge in [-0.1, -0.05) is 11.6 Å². The number of fused-ring (bicyclic) bond motifs is 1. The molecule has 0 spiro atoms. The number of anilines is 2. The molecule has 32 heavy (non-hydrogen) atoms. The minimum absolute atomic E-state index is 0.0464. The Morgan fingerprint density at radius 2 is 2.16 bits per heavy atom. The molecule has 0 saturated carbocycles. The first kappa shape index (κ1) is 22.6. The van der Waals surface area contributed by atoms with E-state index in [2.05, 4.69) is 27.0 Å². The van der Waals surface area contributed by atoms with E-state index >= 15 is 0 Å². The van der Waals surface area contributed by atoms with Crippen LogP contribution in [0.25, 0.3) is 16.6 Å². The largest absolute Gasteiger partial charge is 0.494 e. The van der Waals surface area contributed by atoms with Gasteiger partial charge in [0.2, 0.25) is 10.0 Å². The predicted octanol–water partition coefficient (Wildman–Crippen LogP) is 2.20. The number of sulfonamides is 1. The van der Waals surface area contributed by atoms with Crippen molar-refractivity contribution in [2.45, 2.75) is 6.10 Å². The number of aromatic nitrogens is 3. The van der Waals surface area contributed by atoms with Crippen LogP contribution in [0, 0.1) is 0 Å². The summed E-state index contributed by atoms with van der Waals surface area (Å²) in [6.45, 7) is 3.03. The molecule has 1 aromatic carbocycles. The third-order valence-electron chi connectivity index (χ3n) is 5.08. The van der Waals surface area contributed by atoms with Gasteiger partial charge in [0.05, 0.1) is 42.7 Å². The van der Waals surface area contributed by atoms with E-state index in [0.29, 0.717) is 41.2 Å². The number of methoxy groups -OCH3 is 1. The van der Waals surface area contributed by atoms with Crippen LogP contribution in [0.1, 0.15) is 0 Å². The number of pyridine rings is 1. The summed E-state index contributed by atoms with van der Waals surface area (Å²) in [6, 6.07) is 6.71. The third kappa shape index (κ3) is 5.07. The maximum atomic E-state index is 11.6. The Morgan fingerprint density at radius 1 is 1.34 bits per heavy atom. The van der Waals surface area contributed by atoms with E-state index in [-0.39, 0.29) is 6.10 Å². The summed E-state index contributed by atoms with van der Waals surface area (Å²) in [4.78, 5) is 6.43. The fraction of sp³-hybridized carbons (Fsp3) is 0.400. The molecule has 1 atom stereocenters. The Morgan fingerprint density at radius 3 is 2.88 bits per heavy atom. The minimum atomic E-state index is -3.42. The highest BCUT2D eigenvalue weighted by atomic mass is 35.5. The molecule has 4 rings (SSSR count). The Bertz CT molecular complexity index is 1230. The summed E-state index contributed by atoms with van der Waals surface area (Å²) in [7, 11) is 0.166. The summed E-state index contributed by atoms with van der Waals surface area (Å²) in [5.74, 6) is 1.08. The van der Waals surface area contributed by atoms with Crippen molar-refractivity contribution < 1.29 is 17.9 Å². The number of likely N-dealkylation sites (N-methyl/N-ethyl adjacent to an activating group) is 1. The molecule has 0 bridgehead atoms. The number of ether oxygens (including phenoxy) is 2. The molecule has 10 nitrogen and oxygen atoms in total. The van der Waals surface area contributed by atoms with Gasteiger partial charge in [-0.25, -0.2) is 18.1 Å². The number of morpholine rings is 1. The van der Waals surface area contributed by atoms with Gasteiger partial charge in [0.25, 0.3) is 0 Å². The molecule has 3 aromatic rings. The molecule has 0 radical (unpaired) electrons. The summed E-state index contributed by atoms with van der Waals surface area (Å²) in [6.07, 6.45) is 2.81. The molecule has 1 unspecified atom stereocenters. The van der Waals surface area contributed by atoms with E-state index in [9.17, 15) is 8.42 Å². The van der Waals surface area contributed by atoms with Crippen molar-refractivity contribution in [2.24, 2.45) is 0 Å². The highest BCUT2D eigenvalue weighted by Crippen LogP contribution is 2.32. The van der Waals surface area contributed by atoms with Gasteiger partial charge in [0.15, 0.2) is 5.82 Å². The second kappa shape index (κ2) is 9.10. The first-order chi connectivity index (χ1) is 15.2. The second-order valence-electron chi connectivity index (χ2n) is 7.68. The topological polar surface area (TPSA) is 111 Å². The zero-order valence-corrected chi connectivity index (χ0v) is 19.6. The average Bonchev–Trinajstić information content (AvgIpc) is 3.08. The van der Waals surface area contributed by atoms with Crippen LogP contribution in [0.2, 0.25) is 5.15 Å². The standard InChI is InChI=1S/C20H25ClN6O4S/c1-26-6-7-31-14(12-26)10-23-20-15-11-22-19(21)9-17(15)27(24-20)16-5-4-13(8-18(16)30-2)25-32(3,28)29/h4-5,8-9,11,14,25H,6-7,10,12H2,1-3H3,(H,23,24).